The molecule has 3 nitrogen and oxygen atoms in total. The molecule has 1 fully saturated rings. The maximum absolute atomic E-state index is 12.1. The van der Waals surface area contributed by atoms with Crippen LogP contribution in [0.25, 0.3) is 0 Å². The lowest BCUT2D eigenvalue weighted by Crippen LogP contribution is -2.59. The number of rotatable bonds is 17. The van der Waals surface area contributed by atoms with Gasteiger partial charge in [-0.1, -0.05) is 96.8 Å². The van der Waals surface area contributed by atoms with E-state index in [4.69, 9.17) is 0 Å². The highest BCUT2D eigenvalue weighted by molar-refractivity contribution is 5.70. The van der Waals surface area contributed by atoms with E-state index in [1.54, 1.807) is 0 Å². The Balaban J connectivity index is 2.16. The van der Waals surface area contributed by atoms with Crippen molar-refractivity contribution in [3.8, 4) is 0 Å². The number of carboxylic acid groups (broad SMARTS) is 1. The maximum atomic E-state index is 12.1. The molecule has 0 bridgehead atoms. The Morgan fingerprint density at radius 3 is 1.48 bits per heavy atom. The summed E-state index contributed by atoms with van der Waals surface area (Å²) < 4.78 is 0. The lowest BCUT2D eigenvalue weighted by atomic mass is 9.68. The Labute approximate surface area is 194 Å². The monoisotopic (exact) mass is 437 g/mol. The molecule has 1 heterocycles. The van der Waals surface area contributed by atoms with E-state index >= 15 is 0 Å². The zero-order chi connectivity index (χ0) is 23.3. The SMILES string of the molecule is CCCCCCCCCCCCCCCCC(C(=O)O)C1CC(C)(C)N(C)C(C)(C)C1. The van der Waals surface area contributed by atoms with Gasteiger partial charge in [0, 0.05) is 11.1 Å². The molecule has 0 aromatic carbocycles. The van der Waals surface area contributed by atoms with Crippen molar-refractivity contribution in [2.45, 2.75) is 155 Å². The van der Waals surface area contributed by atoms with Gasteiger partial charge in [-0.2, -0.15) is 0 Å². The number of aliphatic carboxylic acids is 1. The van der Waals surface area contributed by atoms with E-state index in [1.807, 2.05) is 0 Å². The molecule has 31 heavy (non-hydrogen) atoms. The average molecular weight is 438 g/mol. The van der Waals surface area contributed by atoms with E-state index in [2.05, 4.69) is 46.6 Å². The number of carbonyl (C=O) groups is 1. The van der Waals surface area contributed by atoms with Crippen molar-refractivity contribution < 1.29 is 9.90 Å². The first kappa shape index (κ1) is 28.5. The van der Waals surface area contributed by atoms with Crippen molar-refractivity contribution in [1.29, 1.82) is 0 Å². The highest BCUT2D eigenvalue weighted by atomic mass is 16.4. The standard InChI is InChI=1S/C28H55NO2/c1-7-8-9-10-11-12-13-14-15-16-17-18-19-20-21-25(26(30)31)24-22-27(2,3)29(6)28(4,5)23-24/h24-25H,7-23H2,1-6H3,(H,30,31). The summed E-state index contributed by atoms with van der Waals surface area (Å²) in [4.78, 5) is 14.5. The highest BCUT2D eigenvalue weighted by Crippen LogP contribution is 2.44. The van der Waals surface area contributed by atoms with Crippen molar-refractivity contribution in [3.63, 3.8) is 0 Å². The molecule has 0 spiro atoms. The Kier molecular flexibility index (Phi) is 13.4. The lowest BCUT2D eigenvalue weighted by Gasteiger charge is -2.54. The van der Waals surface area contributed by atoms with Crippen LogP contribution in [-0.4, -0.2) is 34.1 Å². The van der Waals surface area contributed by atoms with Gasteiger partial charge >= 0.3 is 5.97 Å². The van der Waals surface area contributed by atoms with Crippen molar-refractivity contribution in [2.24, 2.45) is 11.8 Å². The van der Waals surface area contributed by atoms with Gasteiger partial charge in [0.1, 0.15) is 0 Å². The predicted molar refractivity (Wildman–Crippen MR) is 135 cm³/mol. The van der Waals surface area contributed by atoms with Gasteiger partial charge < -0.3 is 5.11 Å². The summed E-state index contributed by atoms with van der Waals surface area (Å²) in [6, 6.07) is 0. The Morgan fingerprint density at radius 2 is 1.13 bits per heavy atom. The molecule has 1 N–H and O–H groups in total. The topological polar surface area (TPSA) is 40.5 Å². The minimum atomic E-state index is -0.573. The van der Waals surface area contributed by atoms with Gasteiger partial charge in [0.2, 0.25) is 0 Å². The van der Waals surface area contributed by atoms with Crippen LogP contribution >= 0.6 is 0 Å². The zero-order valence-corrected chi connectivity index (χ0v) is 22.0. The van der Waals surface area contributed by atoms with Crippen molar-refractivity contribution >= 4 is 5.97 Å². The fraction of sp³-hybridized carbons (Fsp3) is 0.964. The van der Waals surface area contributed by atoms with Gasteiger partial charge in [-0.3, -0.25) is 9.69 Å². The van der Waals surface area contributed by atoms with Crippen molar-refractivity contribution in [1.82, 2.24) is 4.90 Å². The minimum Gasteiger partial charge on any atom is -0.481 e. The molecule has 1 aliphatic heterocycles. The van der Waals surface area contributed by atoms with Gasteiger partial charge in [0.15, 0.2) is 0 Å². The van der Waals surface area contributed by atoms with Gasteiger partial charge in [-0.25, -0.2) is 0 Å². The second-order valence-electron chi connectivity index (χ2n) is 11.7. The van der Waals surface area contributed by atoms with Crippen LogP contribution in [0, 0.1) is 11.8 Å². The molecule has 1 unspecified atom stereocenters. The average Bonchev–Trinajstić information content (AvgIpc) is 2.68. The van der Waals surface area contributed by atoms with Crippen molar-refractivity contribution in [3.05, 3.63) is 0 Å². The van der Waals surface area contributed by atoms with Gasteiger partial charge in [0.05, 0.1) is 5.92 Å². The number of nitrogens with zero attached hydrogens (tertiary/aromatic N) is 1. The van der Waals surface area contributed by atoms with E-state index in [0.717, 1.165) is 25.7 Å². The molecule has 0 aliphatic carbocycles. The second-order valence-corrected chi connectivity index (χ2v) is 11.7. The van der Waals surface area contributed by atoms with Crippen LogP contribution in [0.15, 0.2) is 0 Å². The fourth-order valence-corrected chi connectivity index (χ4v) is 5.85. The van der Waals surface area contributed by atoms with Crippen LogP contribution in [0.1, 0.15) is 144 Å². The number of unbranched alkanes of at least 4 members (excludes halogenated alkanes) is 13. The number of carboxylic acids is 1. The summed E-state index contributed by atoms with van der Waals surface area (Å²) in [6.07, 6.45) is 21.7. The van der Waals surface area contributed by atoms with E-state index in [1.165, 1.54) is 83.5 Å². The first-order valence-corrected chi connectivity index (χ1v) is 13.6. The summed E-state index contributed by atoms with van der Waals surface area (Å²) in [5.74, 6) is -0.457. The fourth-order valence-electron chi connectivity index (χ4n) is 5.85. The van der Waals surface area contributed by atoms with Crippen LogP contribution in [0.5, 0.6) is 0 Å². The summed E-state index contributed by atoms with van der Waals surface area (Å²) >= 11 is 0. The largest absolute Gasteiger partial charge is 0.481 e. The second kappa shape index (κ2) is 14.6. The van der Waals surface area contributed by atoms with E-state index in [9.17, 15) is 9.90 Å². The molecule has 0 aromatic heterocycles. The van der Waals surface area contributed by atoms with E-state index in [-0.39, 0.29) is 17.0 Å². The molecule has 1 rings (SSSR count). The molecule has 0 saturated carbocycles. The van der Waals surface area contributed by atoms with E-state index < -0.39 is 5.97 Å². The van der Waals surface area contributed by atoms with Crippen molar-refractivity contribution in [2.75, 3.05) is 7.05 Å². The molecule has 0 amide bonds. The number of piperidine rings is 1. The molecular formula is C28H55NO2. The highest BCUT2D eigenvalue weighted by Gasteiger charge is 2.46. The van der Waals surface area contributed by atoms with Gasteiger partial charge in [-0.15, -0.1) is 0 Å². The van der Waals surface area contributed by atoms with Crippen LogP contribution < -0.4 is 0 Å². The Bertz CT molecular complexity index is 467. The molecule has 1 saturated heterocycles. The van der Waals surface area contributed by atoms with Crippen LogP contribution in [0.4, 0.5) is 0 Å². The predicted octanol–water partition coefficient (Wildman–Crippen LogP) is 8.46. The quantitative estimate of drug-likeness (QED) is 0.232. The number of likely N-dealkylation sites (tertiary alicyclic amines) is 1. The molecule has 3 heteroatoms. The van der Waals surface area contributed by atoms with Gasteiger partial charge in [-0.05, 0) is 59.9 Å². The molecule has 0 aromatic rings. The first-order chi connectivity index (χ1) is 14.6. The third kappa shape index (κ3) is 10.7. The molecule has 184 valence electrons. The normalized spacial score (nSPS) is 20.1. The summed E-state index contributed by atoms with van der Waals surface area (Å²) in [5.41, 5.74) is 0.130. The van der Waals surface area contributed by atoms with E-state index in [0.29, 0.717) is 5.92 Å². The van der Waals surface area contributed by atoms with Crippen LogP contribution in [0.2, 0.25) is 0 Å². The third-order valence-electron chi connectivity index (χ3n) is 8.09. The molecule has 0 radical (unpaired) electrons. The van der Waals surface area contributed by atoms with Crippen LogP contribution in [0.3, 0.4) is 0 Å². The molecular weight excluding hydrogens is 382 g/mol. The summed E-state index contributed by atoms with van der Waals surface area (Å²) in [5, 5.41) is 9.92. The third-order valence-corrected chi connectivity index (χ3v) is 8.09. The minimum absolute atomic E-state index is 0.0651. The summed E-state index contributed by atoms with van der Waals surface area (Å²) in [6.45, 7) is 11.4. The molecule has 1 atom stereocenters. The zero-order valence-electron chi connectivity index (χ0n) is 22.0. The Morgan fingerprint density at radius 1 is 0.774 bits per heavy atom. The Hall–Kier alpha value is -0.570. The van der Waals surface area contributed by atoms with Gasteiger partial charge in [0.25, 0.3) is 0 Å². The smallest absolute Gasteiger partial charge is 0.306 e. The maximum Gasteiger partial charge on any atom is 0.306 e. The summed E-state index contributed by atoms with van der Waals surface area (Å²) in [7, 11) is 2.19. The number of hydrogen-bond acceptors (Lipinski definition) is 2. The molecule has 1 aliphatic rings. The first-order valence-electron chi connectivity index (χ1n) is 13.6. The van der Waals surface area contributed by atoms with Crippen LogP contribution in [-0.2, 0) is 4.79 Å². The lowest BCUT2D eigenvalue weighted by molar-refractivity contribution is -0.147. The number of hydrogen-bond donors (Lipinski definition) is 1.